The normalized spacial score (nSPS) is 15.0. The molecule has 0 bridgehead atoms. The molecular weight excluding hydrogens is 424 g/mol. The number of hydrogen-bond donors (Lipinski definition) is 1. The van der Waals surface area contributed by atoms with Gasteiger partial charge in [0.15, 0.2) is 0 Å². The van der Waals surface area contributed by atoms with E-state index in [1.807, 2.05) is 36.4 Å². The number of carbonyl (C=O) groups excluding carboxylic acids is 2. The molecule has 0 aliphatic carbocycles. The third-order valence-corrected chi connectivity index (χ3v) is 5.48. The molecule has 2 aromatic heterocycles. The van der Waals surface area contributed by atoms with Gasteiger partial charge >= 0.3 is 0 Å². The van der Waals surface area contributed by atoms with Gasteiger partial charge in [0.25, 0.3) is 11.6 Å². The standard InChI is InChI=1S/C23H18N6O4/c30-21(25-17-9-2-4-11-19(17)29(32)33)13-20-22(31)27(14-15-7-5-6-12-24-15)23-26-16-8-1-3-10-18(16)28(20)23/h1-12,20H,13-14H2,(H,25,30)/t20-/m0/s1. The maximum absolute atomic E-state index is 13.4. The number of nitrogens with one attached hydrogen (secondary N) is 1. The van der Waals surface area contributed by atoms with Gasteiger partial charge in [0, 0.05) is 12.3 Å². The van der Waals surface area contributed by atoms with E-state index in [-0.39, 0.29) is 30.2 Å². The zero-order chi connectivity index (χ0) is 22.9. The van der Waals surface area contributed by atoms with Crippen LogP contribution >= 0.6 is 0 Å². The lowest BCUT2D eigenvalue weighted by atomic mass is 10.1. The second kappa shape index (κ2) is 8.15. The van der Waals surface area contributed by atoms with Gasteiger partial charge in [-0.25, -0.2) is 4.98 Å². The number of aromatic nitrogens is 3. The number of amides is 2. The van der Waals surface area contributed by atoms with E-state index < -0.39 is 16.9 Å². The van der Waals surface area contributed by atoms with Crippen molar-refractivity contribution in [3.63, 3.8) is 0 Å². The van der Waals surface area contributed by atoms with Crippen LogP contribution in [0.1, 0.15) is 18.2 Å². The summed E-state index contributed by atoms with van der Waals surface area (Å²) in [5.41, 5.74) is 1.99. The largest absolute Gasteiger partial charge is 0.320 e. The highest BCUT2D eigenvalue weighted by molar-refractivity contribution is 6.05. The summed E-state index contributed by atoms with van der Waals surface area (Å²) in [6.45, 7) is 0.214. The molecule has 0 unspecified atom stereocenters. The van der Waals surface area contributed by atoms with E-state index in [0.717, 1.165) is 5.52 Å². The minimum absolute atomic E-state index is 0.0824. The van der Waals surface area contributed by atoms with E-state index in [2.05, 4.69) is 15.3 Å². The molecule has 1 aliphatic rings. The Kier molecular flexibility index (Phi) is 5.02. The Hall–Kier alpha value is -4.60. The molecule has 2 aromatic carbocycles. The van der Waals surface area contributed by atoms with Crippen molar-refractivity contribution in [1.82, 2.24) is 14.5 Å². The van der Waals surface area contributed by atoms with Gasteiger partial charge < -0.3 is 5.32 Å². The summed E-state index contributed by atoms with van der Waals surface area (Å²) in [7, 11) is 0. The predicted molar refractivity (Wildman–Crippen MR) is 121 cm³/mol. The van der Waals surface area contributed by atoms with Gasteiger partial charge in [0.2, 0.25) is 11.9 Å². The second-order valence-corrected chi connectivity index (χ2v) is 7.56. The molecule has 33 heavy (non-hydrogen) atoms. The maximum Gasteiger partial charge on any atom is 0.292 e. The van der Waals surface area contributed by atoms with Crippen LogP contribution in [-0.2, 0) is 16.1 Å². The fourth-order valence-corrected chi connectivity index (χ4v) is 4.01. The quantitative estimate of drug-likeness (QED) is 0.360. The van der Waals surface area contributed by atoms with Crippen molar-refractivity contribution in [2.45, 2.75) is 19.0 Å². The topological polar surface area (TPSA) is 123 Å². The first-order valence-electron chi connectivity index (χ1n) is 10.2. The first-order chi connectivity index (χ1) is 16.0. The number of para-hydroxylation sites is 4. The number of anilines is 2. The van der Waals surface area contributed by atoms with E-state index >= 15 is 0 Å². The van der Waals surface area contributed by atoms with Gasteiger partial charge in [0.1, 0.15) is 11.7 Å². The first-order valence-corrected chi connectivity index (χ1v) is 10.2. The summed E-state index contributed by atoms with van der Waals surface area (Å²) in [5.74, 6) is -0.354. The van der Waals surface area contributed by atoms with Crippen LogP contribution in [0.25, 0.3) is 11.0 Å². The fourth-order valence-electron chi connectivity index (χ4n) is 4.01. The molecule has 2 amide bonds. The first kappa shape index (κ1) is 20.3. The molecular formula is C23H18N6O4. The van der Waals surface area contributed by atoms with Crippen LogP contribution in [0.15, 0.2) is 72.9 Å². The molecule has 1 atom stereocenters. The SMILES string of the molecule is O=C(C[C@H]1C(=O)N(Cc2ccccn2)c2nc3ccccc3n21)Nc1ccccc1[N+](=O)[O-]. The number of carbonyl (C=O) groups is 2. The Morgan fingerprint density at radius 3 is 2.61 bits per heavy atom. The van der Waals surface area contributed by atoms with Crippen LogP contribution in [0.4, 0.5) is 17.3 Å². The number of fused-ring (bicyclic) bond motifs is 3. The van der Waals surface area contributed by atoms with Crippen LogP contribution < -0.4 is 10.2 Å². The van der Waals surface area contributed by atoms with E-state index in [4.69, 9.17) is 0 Å². The van der Waals surface area contributed by atoms with Crippen molar-refractivity contribution in [3.05, 3.63) is 88.7 Å². The van der Waals surface area contributed by atoms with Crippen molar-refractivity contribution < 1.29 is 14.5 Å². The number of pyridine rings is 1. The van der Waals surface area contributed by atoms with Gasteiger partial charge in [0.05, 0.1) is 34.6 Å². The van der Waals surface area contributed by atoms with E-state index in [0.29, 0.717) is 17.2 Å². The van der Waals surface area contributed by atoms with Crippen LogP contribution in [0, 0.1) is 10.1 Å². The summed E-state index contributed by atoms with van der Waals surface area (Å²) < 4.78 is 1.75. The van der Waals surface area contributed by atoms with E-state index in [1.165, 1.54) is 23.1 Å². The molecule has 0 spiro atoms. The Labute approximate surface area is 187 Å². The van der Waals surface area contributed by atoms with E-state index in [1.54, 1.807) is 22.9 Å². The molecule has 0 radical (unpaired) electrons. The predicted octanol–water partition coefficient (Wildman–Crippen LogP) is 3.46. The monoisotopic (exact) mass is 442 g/mol. The molecule has 3 heterocycles. The molecule has 1 aliphatic heterocycles. The summed E-state index contributed by atoms with van der Waals surface area (Å²) >= 11 is 0. The van der Waals surface area contributed by atoms with Crippen LogP contribution in [-0.4, -0.2) is 31.3 Å². The summed E-state index contributed by atoms with van der Waals surface area (Å²) in [5, 5.41) is 13.8. The highest BCUT2D eigenvalue weighted by atomic mass is 16.6. The summed E-state index contributed by atoms with van der Waals surface area (Å²) in [6, 6.07) is 17.9. The molecule has 0 saturated heterocycles. The van der Waals surface area contributed by atoms with E-state index in [9.17, 15) is 19.7 Å². The molecule has 4 aromatic rings. The number of imidazole rings is 1. The maximum atomic E-state index is 13.4. The molecule has 1 N–H and O–H groups in total. The molecule has 10 heteroatoms. The van der Waals surface area contributed by atoms with Crippen molar-refractivity contribution in [1.29, 1.82) is 0 Å². The average molecular weight is 442 g/mol. The van der Waals surface area contributed by atoms with Gasteiger partial charge in [-0.1, -0.05) is 30.3 Å². The number of nitrogens with zero attached hydrogens (tertiary/aromatic N) is 5. The molecule has 10 nitrogen and oxygen atoms in total. The Morgan fingerprint density at radius 2 is 1.82 bits per heavy atom. The lowest BCUT2D eigenvalue weighted by Crippen LogP contribution is -2.31. The average Bonchev–Trinajstić information content (AvgIpc) is 3.31. The number of nitro groups is 1. The fraction of sp³-hybridized carbons (Fsp3) is 0.130. The van der Waals surface area contributed by atoms with Crippen molar-refractivity contribution >= 4 is 40.2 Å². The van der Waals surface area contributed by atoms with Crippen LogP contribution in [0.2, 0.25) is 0 Å². The van der Waals surface area contributed by atoms with Crippen molar-refractivity contribution in [3.8, 4) is 0 Å². The Morgan fingerprint density at radius 1 is 1.06 bits per heavy atom. The Balaban J connectivity index is 1.47. The minimum atomic E-state index is -0.834. The third-order valence-electron chi connectivity index (χ3n) is 5.48. The summed E-state index contributed by atoms with van der Waals surface area (Å²) in [4.78, 5) is 47.4. The van der Waals surface area contributed by atoms with Gasteiger partial charge in [-0.05, 0) is 30.3 Å². The van der Waals surface area contributed by atoms with Crippen molar-refractivity contribution in [2.24, 2.45) is 0 Å². The van der Waals surface area contributed by atoms with Gasteiger partial charge in [-0.2, -0.15) is 0 Å². The lowest BCUT2D eigenvalue weighted by molar-refractivity contribution is -0.383. The molecule has 164 valence electrons. The minimum Gasteiger partial charge on any atom is -0.320 e. The smallest absolute Gasteiger partial charge is 0.292 e. The highest BCUT2D eigenvalue weighted by Gasteiger charge is 2.41. The highest BCUT2D eigenvalue weighted by Crippen LogP contribution is 2.37. The zero-order valence-electron chi connectivity index (χ0n) is 17.3. The number of nitro benzene ring substituents is 1. The molecule has 0 saturated carbocycles. The third kappa shape index (κ3) is 3.67. The second-order valence-electron chi connectivity index (χ2n) is 7.56. The summed E-state index contributed by atoms with van der Waals surface area (Å²) in [6.07, 6.45) is 1.45. The van der Waals surface area contributed by atoms with Gasteiger partial charge in [-0.15, -0.1) is 0 Å². The lowest BCUT2D eigenvalue weighted by Gasteiger charge is -2.15. The number of benzene rings is 2. The molecule has 5 rings (SSSR count). The Bertz CT molecular complexity index is 1380. The molecule has 0 fully saturated rings. The van der Waals surface area contributed by atoms with Crippen molar-refractivity contribution in [2.75, 3.05) is 10.2 Å². The van der Waals surface area contributed by atoms with Crippen LogP contribution in [0.5, 0.6) is 0 Å². The number of hydrogen-bond acceptors (Lipinski definition) is 6. The van der Waals surface area contributed by atoms with Gasteiger partial charge in [-0.3, -0.25) is 34.2 Å². The van der Waals surface area contributed by atoms with Crippen LogP contribution in [0.3, 0.4) is 0 Å². The number of rotatable bonds is 6. The zero-order valence-corrected chi connectivity index (χ0v) is 17.3.